The van der Waals surface area contributed by atoms with E-state index in [0.717, 1.165) is 22.0 Å². The van der Waals surface area contributed by atoms with Crippen LogP contribution < -0.4 is 10.1 Å². The average molecular weight is 501 g/mol. The van der Waals surface area contributed by atoms with E-state index < -0.39 is 23.5 Å². The highest BCUT2D eigenvalue weighted by Gasteiger charge is 2.53. The Morgan fingerprint density at radius 3 is 2.59 bits per heavy atom. The van der Waals surface area contributed by atoms with Crippen molar-refractivity contribution in [1.29, 1.82) is 0 Å². The molecular weight excluding hydrogens is 472 g/mol. The van der Waals surface area contributed by atoms with Crippen molar-refractivity contribution >= 4 is 34.4 Å². The average Bonchev–Trinajstić information content (AvgIpc) is 3.15. The van der Waals surface area contributed by atoms with Crippen LogP contribution >= 0.6 is 0 Å². The fraction of sp³-hybridized carbons (Fsp3) is 0.286. The normalized spacial score (nSPS) is 19.8. The molecule has 0 radical (unpaired) electrons. The van der Waals surface area contributed by atoms with E-state index in [2.05, 4.69) is 10.4 Å². The van der Waals surface area contributed by atoms with Crippen molar-refractivity contribution in [2.75, 3.05) is 26.7 Å². The van der Waals surface area contributed by atoms with Gasteiger partial charge in [-0.2, -0.15) is 5.10 Å². The van der Waals surface area contributed by atoms with Crippen LogP contribution in [0.25, 0.3) is 10.8 Å². The Labute approximate surface area is 214 Å². The number of carboxylic acid groups (broad SMARTS) is 1. The number of hydrogen-bond donors (Lipinski definition) is 2. The molecule has 3 aromatic rings. The van der Waals surface area contributed by atoms with Crippen LogP contribution in [0.3, 0.4) is 0 Å². The third-order valence-corrected chi connectivity index (χ3v) is 7.02. The molecule has 37 heavy (non-hydrogen) atoms. The molecule has 0 spiro atoms. The van der Waals surface area contributed by atoms with Crippen molar-refractivity contribution in [3.63, 3.8) is 0 Å². The second-order valence-corrected chi connectivity index (χ2v) is 9.42. The van der Waals surface area contributed by atoms with Gasteiger partial charge in [-0.15, -0.1) is 0 Å². The Balaban J connectivity index is 1.38. The molecule has 0 bridgehead atoms. The molecule has 2 atom stereocenters. The Kier molecular flexibility index (Phi) is 6.52. The highest BCUT2D eigenvalue weighted by Crippen LogP contribution is 2.38. The van der Waals surface area contributed by atoms with Gasteiger partial charge in [0.2, 0.25) is 5.91 Å². The van der Waals surface area contributed by atoms with Gasteiger partial charge in [-0.3, -0.25) is 9.59 Å². The van der Waals surface area contributed by atoms with Gasteiger partial charge >= 0.3 is 6.09 Å². The van der Waals surface area contributed by atoms with Crippen LogP contribution in [0.2, 0.25) is 0 Å². The fourth-order valence-corrected chi connectivity index (χ4v) is 5.25. The van der Waals surface area contributed by atoms with Crippen molar-refractivity contribution in [2.45, 2.75) is 18.9 Å². The second kappa shape index (κ2) is 9.93. The van der Waals surface area contributed by atoms with Crippen LogP contribution in [0.5, 0.6) is 5.75 Å². The van der Waals surface area contributed by atoms with E-state index in [9.17, 15) is 19.5 Å². The van der Waals surface area contributed by atoms with Crippen molar-refractivity contribution in [2.24, 2.45) is 10.5 Å². The maximum Gasteiger partial charge on any atom is 0.405 e. The first kappa shape index (κ1) is 24.3. The Morgan fingerprint density at radius 1 is 1.08 bits per heavy atom. The predicted molar refractivity (Wildman–Crippen MR) is 138 cm³/mol. The first-order chi connectivity index (χ1) is 17.9. The number of amides is 3. The molecule has 1 fully saturated rings. The summed E-state index contributed by atoms with van der Waals surface area (Å²) in [4.78, 5) is 40.1. The molecule has 0 aliphatic carbocycles. The molecule has 2 aliphatic rings. The standard InChI is InChI=1S/C28H28N4O5/c1-31-26(34)28(16-19-8-3-2-4-9-19)18-32(15-14-24(28)30-31)25(33)22(29-27(35)36)17-37-23-13-7-11-20-10-5-6-12-21(20)23/h2-13,22,29H,14-18H2,1H3,(H,35,36). The first-order valence-electron chi connectivity index (χ1n) is 12.2. The molecule has 0 aromatic heterocycles. The summed E-state index contributed by atoms with van der Waals surface area (Å²) in [7, 11) is 1.62. The summed E-state index contributed by atoms with van der Waals surface area (Å²) in [5.41, 5.74) is 0.740. The van der Waals surface area contributed by atoms with Crippen molar-refractivity contribution < 1.29 is 24.2 Å². The minimum atomic E-state index is -1.32. The number of piperidine rings is 1. The number of hydrogen-bond acceptors (Lipinski definition) is 5. The number of hydrazone groups is 1. The van der Waals surface area contributed by atoms with E-state index in [0.29, 0.717) is 25.1 Å². The molecule has 9 nitrogen and oxygen atoms in total. The molecule has 3 aromatic carbocycles. The monoisotopic (exact) mass is 500 g/mol. The molecule has 2 aliphatic heterocycles. The zero-order chi connectivity index (χ0) is 26.0. The summed E-state index contributed by atoms with van der Waals surface area (Å²) in [6, 6.07) is 21.8. The van der Waals surface area contributed by atoms with Crippen LogP contribution in [-0.2, 0) is 16.0 Å². The number of carbonyl (C=O) groups is 3. The zero-order valence-electron chi connectivity index (χ0n) is 20.5. The maximum atomic E-state index is 13.6. The Morgan fingerprint density at radius 2 is 1.81 bits per heavy atom. The van der Waals surface area contributed by atoms with Gasteiger partial charge in [0, 0.05) is 31.9 Å². The number of carbonyl (C=O) groups excluding carboxylic acids is 2. The quantitative estimate of drug-likeness (QED) is 0.518. The van der Waals surface area contributed by atoms with Gasteiger partial charge in [-0.1, -0.05) is 66.7 Å². The topological polar surface area (TPSA) is 112 Å². The van der Waals surface area contributed by atoms with Crippen molar-refractivity contribution in [3.8, 4) is 5.75 Å². The minimum absolute atomic E-state index is 0.120. The maximum absolute atomic E-state index is 13.6. The number of fused-ring (bicyclic) bond motifs is 2. The lowest BCUT2D eigenvalue weighted by Gasteiger charge is -2.40. The van der Waals surface area contributed by atoms with E-state index in [1.165, 1.54) is 5.01 Å². The molecule has 2 heterocycles. The van der Waals surface area contributed by atoms with Crippen LogP contribution in [-0.4, -0.2) is 71.4 Å². The van der Waals surface area contributed by atoms with E-state index in [1.807, 2.05) is 66.7 Å². The molecule has 2 N–H and O–H groups in total. The highest BCUT2D eigenvalue weighted by atomic mass is 16.5. The summed E-state index contributed by atoms with van der Waals surface area (Å²) in [6.07, 6.45) is -0.489. The Hall–Kier alpha value is -4.40. The molecule has 0 saturated carbocycles. The van der Waals surface area contributed by atoms with E-state index >= 15 is 0 Å². The van der Waals surface area contributed by atoms with Crippen LogP contribution in [0, 0.1) is 5.41 Å². The SMILES string of the molecule is CN1N=C2CCN(C(=O)C(COc3cccc4ccccc34)NC(=O)O)CC2(Cc2ccccc2)C1=O. The van der Waals surface area contributed by atoms with E-state index in [1.54, 1.807) is 18.0 Å². The highest BCUT2D eigenvalue weighted by molar-refractivity contribution is 6.13. The second-order valence-electron chi connectivity index (χ2n) is 9.42. The largest absolute Gasteiger partial charge is 0.490 e. The molecule has 9 heteroatoms. The number of nitrogens with one attached hydrogen (secondary N) is 1. The predicted octanol–water partition coefficient (Wildman–Crippen LogP) is 3.14. The van der Waals surface area contributed by atoms with Gasteiger partial charge in [-0.05, 0) is 23.4 Å². The lowest BCUT2D eigenvalue weighted by Crippen LogP contribution is -2.59. The summed E-state index contributed by atoms with van der Waals surface area (Å²) in [5.74, 6) is -0.0422. The van der Waals surface area contributed by atoms with E-state index in [4.69, 9.17) is 4.74 Å². The number of nitrogens with zero attached hydrogens (tertiary/aromatic N) is 3. The van der Waals surface area contributed by atoms with Gasteiger partial charge in [-0.25, -0.2) is 9.80 Å². The molecule has 190 valence electrons. The fourth-order valence-electron chi connectivity index (χ4n) is 5.25. The van der Waals surface area contributed by atoms with Gasteiger partial charge in [0.1, 0.15) is 23.8 Å². The molecule has 3 amide bonds. The minimum Gasteiger partial charge on any atom is -0.490 e. The zero-order valence-corrected chi connectivity index (χ0v) is 20.5. The summed E-state index contributed by atoms with van der Waals surface area (Å²) >= 11 is 0. The molecule has 1 saturated heterocycles. The summed E-state index contributed by atoms with van der Waals surface area (Å²) < 4.78 is 5.97. The number of likely N-dealkylation sites (tertiary alicyclic amines) is 1. The molecular formula is C28H28N4O5. The van der Waals surface area contributed by atoms with Crippen LogP contribution in [0.15, 0.2) is 77.9 Å². The van der Waals surface area contributed by atoms with E-state index in [-0.39, 0.29) is 19.1 Å². The number of benzene rings is 3. The lowest BCUT2D eigenvalue weighted by molar-refractivity contribution is -0.141. The first-order valence-corrected chi connectivity index (χ1v) is 12.2. The molecule has 2 unspecified atom stereocenters. The van der Waals surface area contributed by atoms with Gasteiger partial charge in [0.05, 0.1) is 5.71 Å². The lowest BCUT2D eigenvalue weighted by atomic mass is 9.73. The van der Waals surface area contributed by atoms with Crippen molar-refractivity contribution in [1.82, 2.24) is 15.2 Å². The number of rotatable bonds is 7. The van der Waals surface area contributed by atoms with Gasteiger partial charge in [0.25, 0.3) is 5.91 Å². The third kappa shape index (κ3) is 4.72. The summed E-state index contributed by atoms with van der Waals surface area (Å²) in [6.45, 7) is 0.270. The molecule has 5 rings (SSSR count). The number of ether oxygens (including phenoxy) is 1. The smallest absolute Gasteiger partial charge is 0.405 e. The van der Waals surface area contributed by atoms with Gasteiger partial charge < -0.3 is 20.1 Å². The van der Waals surface area contributed by atoms with Gasteiger partial charge in [0.15, 0.2) is 0 Å². The van der Waals surface area contributed by atoms with Crippen LogP contribution in [0.4, 0.5) is 4.79 Å². The van der Waals surface area contributed by atoms with Crippen LogP contribution in [0.1, 0.15) is 12.0 Å². The van der Waals surface area contributed by atoms with Crippen molar-refractivity contribution in [3.05, 3.63) is 78.4 Å². The summed E-state index contributed by atoms with van der Waals surface area (Å²) in [5, 5.41) is 19.4. The third-order valence-electron chi connectivity index (χ3n) is 7.02. The Bertz CT molecular complexity index is 1370.